The Morgan fingerprint density at radius 3 is 1.33 bits per heavy atom. The number of fused-ring (bicyclic) bond motifs is 1. The van der Waals surface area contributed by atoms with Gasteiger partial charge in [0, 0.05) is 41.5 Å². The maximum atomic E-state index is 13.6. The third-order valence-electron chi connectivity index (χ3n) is 6.99. The van der Waals surface area contributed by atoms with Crippen LogP contribution in [0.4, 0.5) is 0 Å². The van der Waals surface area contributed by atoms with E-state index in [1.807, 2.05) is 4.98 Å². The van der Waals surface area contributed by atoms with Gasteiger partial charge in [-0.15, -0.1) is 0 Å². The van der Waals surface area contributed by atoms with Crippen molar-refractivity contribution in [1.82, 2.24) is 19.1 Å². The van der Waals surface area contributed by atoms with Crippen LogP contribution in [0.2, 0.25) is 0 Å². The Morgan fingerprint density at radius 2 is 0.938 bits per heavy atom. The molecule has 0 spiro atoms. The third-order valence-corrected chi connectivity index (χ3v) is 6.99. The number of hydrogen-bond acceptors (Lipinski definition) is 17. The second-order valence-electron chi connectivity index (χ2n) is 10.7. The summed E-state index contributed by atoms with van der Waals surface area (Å²) in [6.07, 6.45) is -12.1. The van der Waals surface area contributed by atoms with Crippen molar-refractivity contribution in [2.45, 2.75) is 90.6 Å². The van der Waals surface area contributed by atoms with Crippen LogP contribution in [0.3, 0.4) is 0 Å². The van der Waals surface area contributed by atoms with Crippen molar-refractivity contribution in [1.29, 1.82) is 0 Å². The quantitative estimate of drug-likeness (QED) is 0.199. The van der Waals surface area contributed by atoms with Gasteiger partial charge >= 0.3 is 47.2 Å². The smallest absolute Gasteiger partial charge is 0.332 e. The first-order chi connectivity index (χ1) is 22.5. The fourth-order valence-electron chi connectivity index (χ4n) is 5.43. The lowest BCUT2D eigenvalue weighted by atomic mass is 10.1. The molecule has 4 heterocycles. The SMILES string of the molecule is CC(=O)OC[C@@H]1O[C@H](n2c(=O)[nH]c3c2c(=O)[nH]c(=O)n3[C@@H]2O[C@H](COC(C)=O)[C@H](OC(C)=O)[C@@H]2OC(C)=O)[C@@H](OC(C)=O)[C@H]1OC(C)=O. The molecule has 0 aliphatic carbocycles. The predicted molar refractivity (Wildman–Crippen MR) is 151 cm³/mol. The monoisotopic (exact) mass is 684 g/mol. The third kappa shape index (κ3) is 7.46. The molecular formula is C27H32N4O17. The molecule has 0 radical (unpaired) electrons. The molecule has 2 aliphatic heterocycles. The summed E-state index contributed by atoms with van der Waals surface area (Å²) >= 11 is 0. The van der Waals surface area contributed by atoms with Crippen molar-refractivity contribution < 1.29 is 66.7 Å². The fraction of sp³-hybridized carbons (Fsp3) is 0.593. The van der Waals surface area contributed by atoms with Crippen molar-refractivity contribution in [3.8, 4) is 0 Å². The molecule has 48 heavy (non-hydrogen) atoms. The molecule has 0 saturated carbocycles. The molecule has 4 rings (SSSR count). The Morgan fingerprint density at radius 1 is 0.562 bits per heavy atom. The number of carbonyl (C=O) groups is 6. The fourth-order valence-corrected chi connectivity index (χ4v) is 5.43. The van der Waals surface area contributed by atoms with E-state index in [0.29, 0.717) is 9.13 Å². The summed E-state index contributed by atoms with van der Waals surface area (Å²) in [5.41, 5.74) is -4.57. The van der Waals surface area contributed by atoms with E-state index >= 15 is 0 Å². The van der Waals surface area contributed by atoms with Gasteiger partial charge in [-0.3, -0.25) is 48.1 Å². The average Bonchev–Trinajstić information content (AvgIpc) is 3.57. The molecule has 0 unspecified atom stereocenters. The number of H-pyrrole nitrogens is 2. The molecule has 0 aromatic carbocycles. The van der Waals surface area contributed by atoms with E-state index < -0.39 is 126 Å². The molecular weight excluding hydrogens is 652 g/mol. The van der Waals surface area contributed by atoms with E-state index in [-0.39, 0.29) is 0 Å². The van der Waals surface area contributed by atoms with Crippen LogP contribution >= 0.6 is 0 Å². The minimum atomic E-state index is -1.72. The number of imidazole rings is 1. The average molecular weight is 685 g/mol. The van der Waals surface area contributed by atoms with Crippen LogP contribution in [0, 0.1) is 0 Å². The van der Waals surface area contributed by atoms with Gasteiger partial charge < -0.3 is 37.9 Å². The molecule has 0 bridgehead atoms. The molecule has 8 atom stereocenters. The second-order valence-corrected chi connectivity index (χ2v) is 10.7. The highest BCUT2D eigenvalue weighted by atomic mass is 16.7. The summed E-state index contributed by atoms with van der Waals surface area (Å²) in [6.45, 7) is 5.26. The Labute approximate surface area is 268 Å². The Bertz CT molecular complexity index is 1800. The summed E-state index contributed by atoms with van der Waals surface area (Å²) in [5, 5.41) is 0. The lowest BCUT2D eigenvalue weighted by molar-refractivity contribution is -0.166. The zero-order valence-electron chi connectivity index (χ0n) is 26.4. The van der Waals surface area contributed by atoms with E-state index in [0.717, 1.165) is 41.5 Å². The molecule has 262 valence electrons. The first-order valence-electron chi connectivity index (χ1n) is 14.3. The maximum Gasteiger partial charge on any atom is 0.332 e. The van der Waals surface area contributed by atoms with Crippen LogP contribution in [-0.4, -0.2) is 105 Å². The summed E-state index contributed by atoms with van der Waals surface area (Å²) in [6, 6.07) is 0. The minimum Gasteiger partial charge on any atom is -0.463 e. The van der Waals surface area contributed by atoms with Crippen LogP contribution in [0.15, 0.2) is 14.4 Å². The lowest BCUT2D eigenvalue weighted by Gasteiger charge is -2.24. The highest BCUT2D eigenvalue weighted by Gasteiger charge is 2.54. The zero-order chi connectivity index (χ0) is 35.6. The van der Waals surface area contributed by atoms with E-state index in [4.69, 9.17) is 37.9 Å². The minimum absolute atomic E-state index is 0.525. The van der Waals surface area contributed by atoms with Gasteiger partial charge in [0.1, 0.15) is 25.4 Å². The lowest BCUT2D eigenvalue weighted by Crippen LogP contribution is -2.43. The number of ether oxygens (including phenoxy) is 8. The Balaban J connectivity index is 1.91. The first-order valence-corrected chi connectivity index (χ1v) is 14.3. The number of esters is 6. The van der Waals surface area contributed by atoms with Crippen molar-refractivity contribution in [2.75, 3.05) is 13.2 Å². The largest absolute Gasteiger partial charge is 0.463 e. The maximum absolute atomic E-state index is 13.6. The molecule has 0 amide bonds. The number of nitrogens with one attached hydrogen (secondary N) is 2. The van der Waals surface area contributed by atoms with Crippen LogP contribution in [-0.2, 0) is 66.7 Å². The summed E-state index contributed by atoms with van der Waals surface area (Å²) < 4.78 is 44.5. The van der Waals surface area contributed by atoms with Gasteiger partial charge in [0.15, 0.2) is 48.0 Å². The van der Waals surface area contributed by atoms with E-state index in [1.165, 1.54) is 0 Å². The van der Waals surface area contributed by atoms with Crippen LogP contribution in [0.5, 0.6) is 0 Å². The summed E-state index contributed by atoms with van der Waals surface area (Å²) in [5.74, 6) is -5.00. The molecule has 2 fully saturated rings. The normalized spacial score (nSPS) is 26.5. The molecule has 2 aromatic heterocycles. The number of hydrogen-bond donors (Lipinski definition) is 2. The number of aromatic amines is 2. The molecule has 2 N–H and O–H groups in total. The topological polar surface area (TPSA) is 269 Å². The predicted octanol–water partition coefficient (Wildman–Crippen LogP) is -2.17. The molecule has 21 nitrogen and oxygen atoms in total. The number of carbonyl (C=O) groups excluding carboxylic acids is 6. The highest BCUT2D eigenvalue weighted by Crippen LogP contribution is 2.37. The highest BCUT2D eigenvalue weighted by molar-refractivity contribution is 5.71. The van der Waals surface area contributed by atoms with Gasteiger partial charge in [0.05, 0.1) is 0 Å². The van der Waals surface area contributed by atoms with Crippen molar-refractivity contribution in [2.24, 2.45) is 0 Å². The first kappa shape index (κ1) is 35.5. The van der Waals surface area contributed by atoms with Crippen LogP contribution in [0.1, 0.15) is 54.0 Å². The molecule has 2 saturated heterocycles. The van der Waals surface area contributed by atoms with Crippen LogP contribution in [0.25, 0.3) is 11.2 Å². The van der Waals surface area contributed by atoms with E-state index in [1.54, 1.807) is 0 Å². The van der Waals surface area contributed by atoms with Gasteiger partial charge in [-0.25, -0.2) is 14.2 Å². The molecule has 2 aromatic rings. The second kappa shape index (κ2) is 14.2. The molecule has 2 aliphatic rings. The number of aromatic nitrogens is 4. The summed E-state index contributed by atoms with van der Waals surface area (Å²) in [4.78, 5) is 116. The van der Waals surface area contributed by atoms with Crippen molar-refractivity contribution in [3.05, 3.63) is 31.3 Å². The standard InChI is InChI=1S/C27H32N4O17/c1-9(32)41-7-15-18(43-11(3)34)20(45-13(5)36)24(47-15)30-17-22(28-26(30)39)31(27(40)29-23(17)38)25-21(46-14(6)37)19(44-12(4)35)16(48-25)8-42-10(2)33/h15-16,18-21,24-25H,7-8H2,1-6H3,(H,28,39)(H,29,38,40)/t15-,16+,18-,19-,20-,21-,24-,25+/m0/s1. The van der Waals surface area contributed by atoms with E-state index in [9.17, 15) is 43.2 Å². The number of rotatable bonds is 10. The molecule has 21 heteroatoms. The van der Waals surface area contributed by atoms with Gasteiger partial charge in [0.2, 0.25) is 0 Å². The Kier molecular flexibility index (Phi) is 10.5. The van der Waals surface area contributed by atoms with Crippen LogP contribution < -0.4 is 16.9 Å². The van der Waals surface area contributed by atoms with Crippen molar-refractivity contribution in [3.63, 3.8) is 0 Å². The van der Waals surface area contributed by atoms with Gasteiger partial charge in [-0.2, -0.15) is 0 Å². The summed E-state index contributed by atoms with van der Waals surface area (Å²) in [7, 11) is 0. The van der Waals surface area contributed by atoms with Gasteiger partial charge in [-0.1, -0.05) is 0 Å². The van der Waals surface area contributed by atoms with Gasteiger partial charge in [0.25, 0.3) is 5.56 Å². The van der Waals surface area contributed by atoms with E-state index in [2.05, 4.69) is 4.98 Å². The van der Waals surface area contributed by atoms with Crippen molar-refractivity contribution >= 4 is 47.0 Å². The Hall–Kier alpha value is -5.31. The number of nitrogens with zero attached hydrogens (tertiary/aromatic N) is 2. The van der Waals surface area contributed by atoms with Gasteiger partial charge in [-0.05, 0) is 0 Å². The zero-order valence-corrected chi connectivity index (χ0v) is 26.4.